The van der Waals surface area contributed by atoms with Crippen molar-refractivity contribution in [1.82, 2.24) is 5.32 Å². The maximum Gasteiger partial charge on any atom is 0.220 e. The topological polar surface area (TPSA) is 149 Å². The largest absolute Gasteiger partial charge is 0.394 e. The molecule has 326 valence electrons. The summed E-state index contributed by atoms with van der Waals surface area (Å²) in [7, 11) is 0. The van der Waals surface area contributed by atoms with Gasteiger partial charge >= 0.3 is 0 Å². The van der Waals surface area contributed by atoms with Crippen molar-refractivity contribution < 1.29 is 39.8 Å². The summed E-state index contributed by atoms with van der Waals surface area (Å²) in [4.78, 5) is 12.9. The van der Waals surface area contributed by atoms with E-state index in [2.05, 4.69) is 55.6 Å². The highest BCUT2D eigenvalue weighted by Crippen LogP contribution is 2.22. The molecule has 1 rings (SSSR count). The van der Waals surface area contributed by atoms with Gasteiger partial charge in [-0.1, -0.05) is 165 Å². The lowest BCUT2D eigenvalue weighted by Crippen LogP contribution is -2.60. The van der Waals surface area contributed by atoms with Crippen LogP contribution in [0.4, 0.5) is 0 Å². The maximum absolute atomic E-state index is 12.9. The quantitative estimate of drug-likeness (QED) is 0.0269. The molecule has 0 saturated carbocycles. The first-order chi connectivity index (χ1) is 27.3. The lowest BCUT2D eigenvalue weighted by Gasteiger charge is -2.40. The van der Waals surface area contributed by atoms with Gasteiger partial charge in [-0.25, -0.2) is 0 Å². The fourth-order valence-corrected chi connectivity index (χ4v) is 6.87. The third-order valence-electron chi connectivity index (χ3n) is 10.6. The fourth-order valence-electron chi connectivity index (χ4n) is 6.87. The predicted octanol–water partition coefficient (Wildman–Crippen LogP) is 9.45. The smallest absolute Gasteiger partial charge is 0.220 e. The Balaban J connectivity index is 2.37. The minimum absolute atomic E-state index is 0.204. The van der Waals surface area contributed by atoms with Gasteiger partial charge in [0.25, 0.3) is 0 Å². The van der Waals surface area contributed by atoms with Gasteiger partial charge in [0.05, 0.1) is 25.4 Å². The van der Waals surface area contributed by atoms with Crippen molar-refractivity contribution >= 4 is 5.91 Å². The second-order valence-electron chi connectivity index (χ2n) is 15.8. The second kappa shape index (κ2) is 37.4. The Morgan fingerprint density at radius 1 is 0.589 bits per heavy atom. The first kappa shape index (κ1) is 52.2. The van der Waals surface area contributed by atoms with Crippen molar-refractivity contribution in [3.63, 3.8) is 0 Å². The standard InChI is InChI=1S/C47H85NO8/c1-3-5-7-9-11-13-15-16-17-18-19-20-21-22-23-24-25-27-28-30-32-34-36-41(50)40(39-55-47-46(54)45(53)44(52)42(38-49)56-47)48-43(51)37-35-33-31-29-26-14-12-10-8-6-4-2/h10,12,22-23,27-28,34,36,40-42,44-47,49-50,52-54H,3-9,11,13-21,24-26,29-33,35,37-39H2,1-2H3,(H,48,51)/b12-10-,23-22+,28-27+,36-34+. The highest BCUT2D eigenvalue weighted by molar-refractivity contribution is 5.76. The number of ether oxygens (including phenoxy) is 2. The van der Waals surface area contributed by atoms with E-state index in [1.807, 2.05) is 6.08 Å². The summed E-state index contributed by atoms with van der Waals surface area (Å²) in [6.45, 7) is 3.69. The molecule has 0 aromatic carbocycles. The van der Waals surface area contributed by atoms with Gasteiger partial charge in [0, 0.05) is 6.42 Å². The monoisotopic (exact) mass is 792 g/mol. The fraction of sp³-hybridized carbons (Fsp3) is 0.809. The van der Waals surface area contributed by atoms with Crippen LogP contribution in [0.1, 0.15) is 187 Å². The summed E-state index contributed by atoms with van der Waals surface area (Å²) >= 11 is 0. The number of carbonyl (C=O) groups is 1. The van der Waals surface area contributed by atoms with E-state index >= 15 is 0 Å². The van der Waals surface area contributed by atoms with E-state index < -0.39 is 49.5 Å². The predicted molar refractivity (Wildman–Crippen MR) is 230 cm³/mol. The number of rotatable bonds is 37. The molecule has 1 fully saturated rings. The van der Waals surface area contributed by atoms with Gasteiger partial charge in [0.15, 0.2) is 6.29 Å². The lowest BCUT2D eigenvalue weighted by molar-refractivity contribution is -0.302. The number of hydrogen-bond acceptors (Lipinski definition) is 8. The van der Waals surface area contributed by atoms with Crippen LogP contribution in [0.5, 0.6) is 0 Å². The molecule has 7 atom stereocenters. The van der Waals surface area contributed by atoms with Crippen LogP contribution in [0.15, 0.2) is 48.6 Å². The number of carbonyl (C=O) groups excluding carboxylic acids is 1. The molecule has 0 aliphatic carbocycles. The molecule has 9 nitrogen and oxygen atoms in total. The summed E-state index contributed by atoms with van der Waals surface area (Å²) in [6, 6.07) is -0.831. The van der Waals surface area contributed by atoms with Crippen molar-refractivity contribution in [1.29, 1.82) is 0 Å². The normalized spacial score (nSPS) is 21.6. The number of allylic oxidation sites excluding steroid dienone is 7. The van der Waals surface area contributed by atoms with Crippen LogP contribution in [0.2, 0.25) is 0 Å². The van der Waals surface area contributed by atoms with Gasteiger partial charge in [-0.15, -0.1) is 0 Å². The van der Waals surface area contributed by atoms with Gasteiger partial charge in [0.2, 0.25) is 5.91 Å². The van der Waals surface area contributed by atoms with Crippen LogP contribution in [-0.2, 0) is 14.3 Å². The van der Waals surface area contributed by atoms with E-state index in [9.17, 15) is 30.3 Å². The highest BCUT2D eigenvalue weighted by Gasteiger charge is 2.44. The summed E-state index contributed by atoms with van der Waals surface area (Å²) in [5.41, 5.74) is 0. The molecular formula is C47H85NO8. The van der Waals surface area contributed by atoms with E-state index in [0.29, 0.717) is 6.42 Å². The van der Waals surface area contributed by atoms with Gasteiger partial charge in [-0.2, -0.15) is 0 Å². The first-order valence-corrected chi connectivity index (χ1v) is 22.9. The molecule has 1 amide bonds. The number of unbranched alkanes of at least 4 members (excludes halogenated alkanes) is 21. The molecule has 1 aliphatic heterocycles. The Kier molecular flexibility index (Phi) is 34.9. The van der Waals surface area contributed by atoms with E-state index in [1.165, 1.54) is 96.3 Å². The Labute approximate surface area is 342 Å². The zero-order chi connectivity index (χ0) is 40.9. The molecule has 56 heavy (non-hydrogen) atoms. The summed E-state index contributed by atoms with van der Waals surface area (Å²) in [5.74, 6) is -0.204. The van der Waals surface area contributed by atoms with Crippen LogP contribution in [0, 0.1) is 0 Å². The highest BCUT2D eigenvalue weighted by atomic mass is 16.7. The molecule has 9 heteroatoms. The maximum atomic E-state index is 12.9. The Morgan fingerprint density at radius 3 is 1.55 bits per heavy atom. The van der Waals surface area contributed by atoms with E-state index in [1.54, 1.807) is 6.08 Å². The molecule has 0 spiro atoms. The van der Waals surface area contributed by atoms with Crippen LogP contribution >= 0.6 is 0 Å². The molecule has 1 heterocycles. The third-order valence-corrected chi connectivity index (χ3v) is 10.6. The SMILES string of the molecule is CCCC/C=C\CCCCCCCC(=O)NC(COC1OC(CO)C(O)C(O)C1O)C(O)/C=C/CC/C=C/CC/C=C/CCCCCCCCCCCCCC. The summed E-state index contributed by atoms with van der Waals surface area (Å²) < 4.78 is 11.2. The average molecular weight is 792 g/mol. The number of amides is 1. The van der Waals surface area contributed by atoms with E-state index in [4.69, 9.17) is 9.47 Å². The van der Waals surface area contributed by atoms with Gasteiger partial charge in [-0.05, 0) is 64.2 Å². The van der Waals surface area contributed by atoms with Gasteiger partial charge in [-0.3, -0.25) is 4.79 Å². The van der Waals surface area contributed by atoms with Crippen molar-refractivity contribution in [2.45, 2.75) is 230 Å². The summed E-state index contributed by atoms with van der Waals surface area (Å²) in [6.07, 6.45) is 40.2. The van der Waals surface area contributed by atoms with E-state index in [-0.39, 0.29) is 12.5 Å². The molecular weight excluding hydrogens is 707 g/mol. The molecule has 7 unspecified atom stereocenters. The number of aliphatic hydroxyl groups excluding tert-OH is 5. The minimum atomic E-state index is -1.58. The molecule has 0 radical (unpaired) electrons. The van der Waals surface area contributed by atoms with Crippen LogP contribution in [0.3, 0.4) is 0 Å². The van der Waals surface area contributed by atoms with Gasteiger partial charge in [0.1, 0.15) is 24.4 Å². The van der Waals surface area contributed by atoms with Crippen LogP contribution < -0.4 is 5.32 Å². The van der Waals surface area contributed by atoms with Crippen molar-refractivity contribution in [3.8, 4) is 0 Å². The molecule has 1 saturated heterocycles. The Bertz CT molecular complexity index is 1010. The second-order valence-corrected chi connectivity index (χ2v) is 15.8. The average Bonchev–Trinajstić information content (AvgIpc) is 3.20. The van der Waals surface area contributed by atoms with Crippen molar-refractivity contribution in [2.75, 3.05) is 13.2 Å². The number of nitrogens with one attached hydrogen (secondary N) is 1. The Hall–Kier alpha value is -1.85. The Morgan fingerprint density at radius 2 is 1.04 bits per heavy atom. The molecule has 1 aliphatic rings. The van der Waals surface area contributed by atoms with Crippen LogP contribution in [0.25, 0.3) is 0 Å². The zero-order valence-electron chi connectivity index (χ0n) is 35.6. The number of hydrogen-bond donors (Lipinski definition) is 6. The zero-order valence-corrected chi connectivity index (χ0v) is 35.6. The minimum Gasteiger partial charge on any atom is -0.394 e. The number of aliphatic hydroxyl groups is 5. The molecule has 0 bridgehead atoms. The first-order valence-electron chi connectivity index (χ1n) is 22.9. The lowest BCUT2D eigenvalue weighted by atomic mass is 9.99. The van der Waals surface area contributed by atoms with E-state index in [0.717, 1.165) is 70.6 Å². The molecule has 6 N–H and O–H groups in total. The third kappa shape index (κ3) is 27.7. The molecule has 0 aromatic rings. The summed E-state index contributed by atoms with van der Waals surface area (Å²) in [5, 5.41) is 54.1. The van der Waals surface area contributed by atoms with Crippen molar-refractivity contribution in [2.24, 2.45) is 0 Å². The van der Waals surface area contributed by atoms with Crippen LogP contribution in [-0.4, -0.2) is 87.5 Å². The molecule has 0 aromatic heterocycles. The van der Waals surface area contributed by atoms with Crippen molar-refractivity contribution in [3.05, 3.63) is 48.6 Å². The van der Waals surface area contributed by atoms with Gasteiger partial charge < -0.3 is 40.3 Å².